The van der Waals surface area contributed by atoms with Crippen LogP contribution in [0, 0.1) is 12.3 Å². The Morgan fingerprint density at radius 2 is 2.05 bits per heavy atom. The van der Waals surface area contributed by atoms with Gasteiger partial charge in [-0.3, -0.25) is 4.79 Å². The lowest BCUT2D eigenvalue weighted by Crippen LogP contribution is -2.39. The van der Waals surface area contributed by atoms with E-state index in [9.17, 15) is 4.79 Å². The van der Waals surface area contributed by atoms with Crippen LogP contribution in [0.25, 0.3) is 11.0 Å². The van der Waals surface area contributed by atoms with Crippen molar-refractivity contribution in [2.24, 2.45) is 5.41 Å². The van der Waals surface area contributed by atoms with Gasteiger partial charge in [0.2, 0.25) is 0 Å². The van der Waals surface area contributed by atoms with Crippen LogP contribution in [0.2, 0.25) is 0 Å². The van der Waals surface area contributed by atoms with Gasteiger partial charge in [-0.1, -0.05) is 12.1 Å². The molecule has 2 aromatic rings. The molecule has 0 N–H and O–H groups in total. The van der Waals surface area contributed by atoms with Crippen LogP contribution in [0.3, 0.4) is 0 Å². The van der Waals surface area contributed by atoms with Crippen molar-refractivity contribution >= 4 is 23.7 Å². The van der Waals surface area contributed by atoms with Crippen molar-refractivity contribution in [3.63, 3.8) is 0 Å². The lowest BCUT2D eigenvalue weighted by Gasteiger charge is -2.36. The van der Waals surface area contributed by atoms with Crippen LogP contribution in [-0.4, -0.2) is 28.5 Å². The van der Waals surface area contributed by atoms with Gasteiger partial charge in [-0.2, -0.15) is 12.6 Å². The molecule has 2 heterocycles. The lowest BCUT2D eigenvalue weighted by molar-refractivity contribution is 0.0183. The molecule has 1 aliphatic rings. The molecule has 1 fully saturated rings. The second-order valence-corrected chi connectivity index (χ2v) is 6.16. The molecule has 3 rings (SSSR count). The third-order valence-electron chi connectivity index (χ3n) is 4.40. The normalized spacial score (nSPS) is 18.0. The lowest BCUT2D eigenvalue weighted by atomic mass is 9.82. The largest absolute Gasteiger partial charge is 0.381 e. The molecule has 0 bridgehead atoms. The van der Waals surface area contributed by atoms with Gasteiger partial charge in [0.15, 0.2) is 0 Å². The molecule has 4 nitrogen and oxygen atoms in total. The second-order valence-electron chi connectivity index (χ2n) is 5.85. The average Bonchev–Trinajstić information content (AvgIpc) is 2.53. The van der Waals surface area contributed by atoms with Gasteiger partial charge >= 0.3 is 0 Å². The molecular formula is C16H20N2O2S. The van der Waals surface area contributed by atoms with E-state index in [1.807, 2.05) is 28.8 Å². The summed E-state index contributed by atoms with van der Waals surface area (Å²) >= 11 is 4.55. The Bertz CT molecular complexity index is 705. The molecule has 0 atom stereocenters. The summed E-state index contributed by atoms with van der Waals surface area (Å²) in [6.45, 7) is 3.96. The molecule has 0 saturated carbocycles. The number of aryl methyl sites for hydroxylation is 1. The maximum atomic E-state index is 12.6. The van der Waals surface area contributed by atoms with E-state index >= 15 is 0 Å². The zero-order valence-corrected chi connectivity index (χ0v) is 13.1. The smallest absolute Gasteiger partial charge is 0.272 e. The van der Waals surface area contributed by atoms with Crippen LogP contribution >= 0.6 is 12.6 Å². The first-order chi connectivity index (χ1) is 10.2. The zero-order chi connectivity index (χ0) is 14.9. The van der Waals surface area contributed by atoms with Crippen molar-refractivity contribution in [1.29, 1.82) is 0 Å². The van der Waals surface area contributed by atoms with E-state index in [1.54, 1.807) is 6.92 Å². The average molecular weight is 304 g/mol. The molecular weight excluding hydrogens is 284 g/mol. The molecule has 0 aliphatic carbocycles. The fourth-order valence-corrected chi connectivity index (χ4v) is 3.40. The highest BCUT2D eigenvalue weighted by molar-refractivity contribution is 7.80. The number of hydrogen-bond acceptors (Lipinski definition) is 4. The maximum absolute atomic E-state index is 12.6. The fraction of sp³-hybridized carbons (Fsp3) is 0.500. The number of hydrogen-bond donors (Lipinski definition) is 1. The summed E-state index contributed by atoms with van der Waals surface area (Å²) in [5.74, 6) is 0.762. The Kier molecular flexibility index (Phi) is 4.04. The monoisotopic (exact) mass is 304 g/mol. The van der Waals surface area contributed by atoms with E-state index in [-0.39, 0.29) is 11.0 Å². The number of thiol groups is 1. The molecule has 0 spiro atoms. The maximum Gasteiger partial charge on any atom is 0.272 e. The highest BCUT2D eigenvalue weighted by Gasteiger charge is 2.32. The first kappa shape index (κ1) is 14.6. The van der Waals surface area contributed by atoms with Gasteiger partial charge in [0.1, 0.15) is 5.69 Å². The number of ether oxygens (including phenoxy) is 1. The van der Waals surface area contributed by atoms with E-state index in [4.69, 9.17) is 4.74 Å². The molecule has 0 amide bonds. The predicted octanol–water partition coefficient (Wildman–Crippen LogP) is 2.43. The number of rotatable bonds is 3. The quantitative estimate of drug-likeness (QED) is 0.886. The standard InChI is InChI=1S/C16H20N2O2S/c1-12-15(19)18(14-5-3-2-4-13(14)17-12)10-16(11-21)6-8-20-9-7-16/h2-5,21H,6-11H2,1H3. The molecule has 1 aliphatic heterocycles. The van der Waals surface area contributed by atoms with Crippen LogP contribution < -0.4 is 5.56 Å². The second kappa shape index (κ2) is 5.81. The summed E-state index contributed by atoms with van der Waals surface area (Å²) < 4.78 is 7.35. The molecule has 1 saturated heterocycles. The third-order valence-corrected chi connectivity index (χ3v) is 5.07. The Labute approximate surface area is 129 Å². The van der Waals surface area contributed by atoms with Crippen molar-refractivity contribution in [2.45, 2.75) is 26.3 Å². The number of benzene rings is 1. The van der Waals surface area contributed by atoms with Gasteiger partial charge in [-0.25, -0.2) is 4.98 Å². The summed E-state index contributed by atoms with van der Waals surface area (Å²) in [6.07, 6.45) is 1.89. The van der Waals surface area contributed by atoms with Crippen molar-refractivity contribution in [1.82, 2.24) is 9.55 Å². The van der Waals surface area contributed by atoms with Crippen LogP contribution in [-0.2, 0) is 11.3 Å². The van der Waals surface area contributed by atoms with Gasteiger partial charge in [-0.15, -0.1) is 0 Å². The van der Waals surface area contributed by atoms with E-state index in [0.717, 1.165) is 42.8 Å². The van der Waals surface area contributed by atoms with Gasteiger partial charge in [0, 0.05) is 25.2 Å². The van der Waals surface area contributed by atoms with Crippen LogP contribution in [0.4, 0.5) is 0 Å². The SMILES string of the molecule is Cc1nc2ccccc2n(CC2(CS)CCOCC2)c1=O. The van der Waals surface area contributed by atoms with E-state index < -0.39 is 0 Å². The minimum Gasteiger partial charge on any atom is -0.381 e. The fourth-order valence-electron chi connectivity index (χ4n) is 2.98. The van der Waals surface area contributed by atoms with Crippen LogP contribution in [0.1, 0.15) is 18.5 Å². The summed E-state index contributed by atoms with van der Waals surface area (Å²) in [5.41, 5.74) is 2.36. The zero-order valence-electron chi connectivity index (χ0n) is 12.2. The third kappa shape index (κ3) is 2.72. The molecule has 112 valence electrons. The molecule has 0 radical (unpaired) electrons. The Hall–Kier alpha value is -1.33. The summed E-state index contributed by atoms with van der Waals surface area (Å²) in [4.78, 5) is 17.0. The van der Waals surface area contributed by atoms with Gasteiger partial charge < -0.3 is 9.30 Å². The van der Waals surface area contributed by atoms with Crippen molar-refractivity contribution in [3.8, 4) is 0 Å². The van der Waals surface area contributed by atoms with E-state index in [0.29, 0.717) is 12.2 Å². The van der Waals surface area contributed by atoms with Crippen molar-refractivity contribution in [2.75, 3.05) is 19.0 Å². The molecule has 0 unspecified atom stereocenters. The highest BCUT2D eigenvalue weighted by atomic mass is 32.1. The number of aromatic nitrogens is 2. The van der Waals surface area contributed by atoms with Gasteiger partial charge in [0.05, 0.1) is 11.0 Å². The molecule has 1 aromatic heterocycles. The molecule has 5 heteroatoms. The summed E-state index contributed by atoms with van der Waals surface area (Å²) in [6, 6.07) is 7.82. The minimum absolute atomic E-state index is 0.00125. The molecule has 21 heavy (non-hydrogen) atoms. The number of fused-ring (bicyclic) bond motifs is 1. The Balaban J connectivity index is 2.11. The van der Waals surface area contributed by atoms with E-state index in [1.165, 1.54) is 0 Å². The Morgan fingerprint density at radius 1 is 1.33 bits per heavy atom. The highest BCUT2D eigenvalue weighted by Crippen LogP contribution is 2.34. The topological polar surface area (TPSA) is 44.1 Å². The number of nitrogens with zero attached hydrogens (tertiary/aromatic N) is 2. The first-order valence-corrected chi connectivity index (χ1v) is 7.93. The Morgan fingerprint density at radius 3 is 2.76 bits per heavy atom. The summed E-state index contributed by atoms with van der Waals surface area (Å²) in [5, 5.41) is 0. The van der Waals surface area contributed by atoms with Crippen molar-refractivity contribution in [3.05, 3.63) is 40.3 Å². The number of para-hydroxylation sites is 2. The minimum atomic E-state index is 0.00125. The van der Waals surface area contributed by atoms with Crippen molar-refractivity contribution < 1.29 is 4.74 Å². The van der Waals surface area contributed by atoms with Gasteiger partial charge in [0.25, 0.3) is 5.56 Å². The summed E-state index contributed by atoms with van der Waals surface area (Å²) in [7, 11) is 0. The first-order valence-electron chi connectivity index (χ1n) is 7.30. The van der Waals surface area contributed by atoms with E-state index in [2.05, 4.69) is 17.6 Å². The van der Waals surface area contributed by atoms with Crippen LogP contribution in [0.5, 0.6) is 0 Å². The van der Waals surface area contributed by atoms with Crippen LogP contribution in [0.15, 0.2) is 29.1 Å². The molecule has 1 aromatic carbocycles. The predicted molar refractivity (Wildman–Crippen MR) is 87.1 cm³/mol. The van der Waals surface area contributed by atoms with Gasteiger partial charge in [-0.05, 0) is 37.7 Å².